The lowest BCUT2D eigenvalue weighted by Gasteiger charge is -2.04. The van der Waals surface area contributed by atoms with Gasteiger partial charge in [-0.05, 0) is 24.0 Å². The first kappa shape index (κ1) is 17.1. The Morgan fingerprint density at radius 3 is 3.04 bits per heavy atom. The maximum absolute atomic E-state index is 10.1. The highest BCUT2D eigenvalue weighted by molar-refractivity contribution is 7.99. The Kier molecular flexibility index (Phi) is 6.22. The number of thioether (sulfide) groups is 1. The largest absolute Gasteiger partial charge is 0.507 e. The quantitative estimate of drug-likeness (QED) is 0.299. The molecule has 0 bridgehead atoms. The fraction of sp³-hybridized carbons (Fsp3) is 0.312. The minimum Gasteiger partial charge on any atom is -0.507 e. The average molecular weight is 331 g/mol. The molecule has 0 saturated carbocycles. The molecule has 0 saturated heterocycles. The van der Waals surface area contributed by atoms with E-state index in [1.807, 2.05) is 12.1 Å². The van der Waals surface area contributed by atoms with E-state index in [9.17, 15) is 5.11 Å². The molecule has 0 spiro atoms. The van der Waals surface area contributed by atoms with Crippen LogP contribution in [0.25, 0.3) is 0 Å². The van der Waals surface area contributed by atoms with Gasteiger partial charge in [0.15, 0.2) is 0 Å². The van der Waals surface area contributed by atoms with Crippen LogP contribution in [0.15, 0.2) is 41.1 Å². The highest BCUT2D eigenvalue weighted by Gasteiger charge is 2.05. The minimum atomic E-state index is 0.212. The third-order valence-corrected chi connectivity index (χ3v) is 4.17. The molecule has 6 nitrogen and oxygen atoms in total. The number of nitrogens with zero attached hydrogens (tertiary/aromatic N) is 3. The molecule has 23 heavy (non-hydrogen) atoms. The number of hydrogen-bond acceptors (Lipinski definition) is 6. The Bertz CT molecular complexity index is 681. The van der Waals surface area contributed by atoms with Gasteiger partial charge in [0.25, 0.3) is 0 Å². The molecular formula is C16H21N5OS. The van der Waals surface area contributed by atoms with Crippen LogP contribution in [0.5, 0.6) is 5.75 Å². The lowest BCUT2D eigenvalue weighted by molar-refractivity contribution is 0.469. The first-order chi connectivity index (χ1) is 11.1. The van der Waals surface area contributed by atoms with Gasteiger partial charge in [0.2, 0.25) is 11.1 Å². The second kappa shape index (κ2) is 8.38. The molecule has 1 aromatic carbocycles. The normalized spacial score (nSPS) is 11.3. The Balaban J connectivity index is 1.97. The van der Waals surface area contributed by atoms with Crippen LogP contribution >= 0.6 is 11.8 Å². The number of benzene rings is 1. The summed E-state index contributed by atoms with van der Waals surface area (Å²) >= 11 is 1.59. The van der Waals surface area contributed by atoms with Gasteiger partial charge in [-0.25, -0.2) is 10.5 Å². The van der Waals surface area contributed by atoms with Gasteiger partial charge in [0.05, 0.1) is 6.21 Å². The minimum absolute atomic E-state index is 0.212. The predicted molar refractivity (Wildman–Crippen MR) is 95.2 cm³/mol. The number of anilines is 1. The Morgan fingerprint density at radius 2 is 2.30 bits per heavy atom. The number of phenols is 1. The molecule has 2 rings (SSSR count). The van der Waals surface area contributed by atoms with E-state index in [4.69, 9.17) is 0 Å². The van der Waals surface area contributed by atoms with Crippen molar-refractivity contribution in [3.63, 3.8) is 0 Å². The molecule has 0 aliphatic carbocycles. The number of para-hydroxylation sites is 1. The number of nitrogens with one attached hydrogen (secondary N) is 2. The topological polar surface area (TPSA) is 86.2 Å². The smallest absolute Gasteiger partial charge is 0.240 e. The van der Waals surface area contributed by atoms with Gasteiger partial charge in [0.1, 0.15) is 5.75 Å². The molecule has 0 amide bonds. The number of aromatic hydroxyl groups is 1. The van der Waals surface area contributed by atoms with Crippen molar-refractivity contribution in [3.05, 3.63) is 42.0 Å². The van der Waals surface area contributed by atoms with Crippen LogP contribution in [-0.4, -0.2) is 32.3 Å². The van der Waals surface area contributed by atoms with Crippen molar-refractivity contribution in [1.82, 2.24) is 15.2 Å². The Labute approximate surface area is 140 Å². The van der Waals surface area contributed by atoms with Crippen molar-refractivity contribution in [2.75, 3.05) is 11.2 Å². The third-order valence-electron chi connectivity index (χ3n) is 2.90. The first-order valence-corrected chi connectivity index (χ1v) is 8.34. The molecule has 1 heterocycles. The van der Waals surface area contributed by atoms with E-state index in [0.29, 0.717) is 29.0 Å². The van der Waals surface area contributed by atoms with Crippen molar-refractivity contribution < 1.29 is 5.11 Å². The zero-order chi connectivity index (χ0) is 16.7. The summed E-state index contributed by atoms with van der Waals surface area (Å²) in [4.78, 5) is 4.28. The van der Waals surface area contributed by atoms with E-state index in [1.54, 1.807) is 30.1 Å². The van der Waals surface area contributed by atoms with Crippen molar-refractivity contribution in [2.24, 2.45) is 11.0 Å². The highest BCUT2D eigenvalue weighted by Crippen LogP contribution is 2.22. The number of hydrogen-bond donors (Lipinski definition) is 3. The van der Waals surface area contributed by atoms with Gasteiger partial charge in [-0.15, -0.1) is 11.7 Å². The summed E-state index contributed by atoms with van der Waals surface area (Å²) in [6.07, 6.45) is 3.91. The summed E-state index contributed by atoms with van der Waals surface area (Å²) in [6.45, 7) is 7.98. The number of hydrazone groups is 1. The standard InChI is InChI=1S/C16H21N5OS/c1-4-6-12-7-5-8-13(14(12)22)9-17-19-15-18-16(21-20-15)23-10-11(2)3/h4-5,7-9,11,22H,1,6,10H2,2-3H3,(H2,18,19,20,21)/b17-9+. The second-order valence-electron chi connectivity index (χ2n) is 5.39. The van der Waals surface area contributed by atoms with Crippen molar-refractivity contribution in [1.29, 1.82) is 0 Å². The van der Waals surface area contributed by atoms with Gasteiger partial charge in [0, 0.05) is 11.3 Å². The molecule has 0 radical (unpaired) electrons. The number of allylic oxidation sites excluding steroid dienone is 1. The summed E-state index contributed by atoms with van der Waals surface area (Å²) < 4.78 is 0. The fourth-order valence-electron chi connectivity index (χ4n) is 1.80. The second-order valence-corrected chi connectivity index (χ2v) is 6.38. The van der Waals surface area contributed by atoms with Gasteiger partial charge in [-0.3, -0.25) is 0 Å². The van der Waals surface area contributed by atoms with Crippen LogP contribution in [0.4, 0.5) is 5.95 Å². The highest BCUT2D eigenvalue weighted by atomic mass is 32.2. The zero-order valence-electron chi connectivity index (χ0n) is 13.3. The molecule has 3 N–H and O–H groups in total. The number of aromatic nitrogens is 3. The summed E-state index contributed by atoms with van der Waals surface area (Å²) in [7, 11) is 0. The molecule has 0 unspecified atom stereocenters. The maximum atomic E-state index is 10.1. The number of phenolic OH excluding ortho intramolecular Hbond substituents is 1. The van der Waals surface area contributed by atoms with Crippen molar-refractivity contribution in [2.45, 2.75) is 25.4 Å². The molecule has 0 fully saturated rings. The van der Waals surface area contributed by atoms with E-state index >= 15 is 0 Å². The summed E-state index contributed by atoms with van der Waals surface area (Å²) in [5.74, 6) is 2.22. The fourth-order valence-corrected chi connectivity index (χ4v) is 2.55. The van der Waals surface area contributed by atoms with Crippen LogP contribution in [0.1, 0.15) is 25.0 Å². The monoisotopic (exact) mass is 331 g/mol. The van der Waals surface area contributed by atoms with E-state index in [1.165, 1.54) is 0 Å². The average Bonchev–Trinajstić information content (AvgIpc) is 2.97. The third kappa shape index (κ3) is 5.14. The van der Waals surface area contributed by atoms with Crippen LogP contribution in [0.3, 0.4) is 0 Å². The van der Waals surface area contributed by atoms with E-state index in [0.717, 1.165) is 11.3 Å². The number of H-pyrrole nitrogens is 1. The summed E-state index contributed by atoms with van der Waals surface area (Å²) in [5, 5.41) is 21.8. The van der Waals surface area contributed by atoms with Gasteiger partial charge < -0.3 is 5.11 Å². The molecule has 0 aliphatic rings. The number of aromatic amines is 1. The first-order valence-electron chi connectivity index (χ1n) is 7.36. The molecule has 0 atom stereocenters. The Hall–Kier alpha value is -2.28. The molecule has 2 aromatic rings. The lowest BCUT2D eigenvalue weighted by atomic mass is 10.1. The molecule has 7 heteroatoms. The summed E-state index contributed by atoms with van der Waals surface area (Å²) in [5.41, 5.74) is 4.22. The van der Waals surface area contributed by atoms with Crippen LogP contribution < -0.4 is 5.43 Å². The lowest BCUT2D eigenvalue weighted by Crippen LogP contribution is -1.94. The SMILES string of the molecule is C=CCc1cccc(/C=N/Nc2nc(SCC(C)C)n[nH]2)c1O. The van der Waals surface area contributed by atoms with E-state index in [-0.39, 0.29) is 5.75 Å². The van der Waals surface area contributed by atoms with Crippen molar-refractivity contribution >= 4 is 23.9 Å². The number of rotatable bonds is 8. The van der Waals surface area contributed by atoms with Crippen LogP contribution in [-0.2, 0) is 6.42 Å². The van der Waals surface area contributed by atoms with Gasteiger partial charge in [-0.2, -0.15) is 10.1 Å². The molecule has 122 valence electrons. The summed E-state index contributed by atoms with van der Waals surface area (Å²) in [6, 6.07) is 5.52. The zero-order valence-corrected chi connectivity index (χ0v) is 14.1. The Morgan fingerprint density at radius 1 is 1.48 bits per heavy atom. The molecule has 1 aromatic heterocycles. The van der Waals surface area contributed by atoms with Gasteiger partial charge in [-0.1, -0.05) is 43.8 Å². The molecule has 0 aliphatic heterocycles. The maximum Gasteiger partial charge on any atom is 0.240 e. The van der Waals surface area contributed by atoms with E-state index in [2.05, 4.69) is 46.1 Å². The predicted octanol–water partition coefficient (Wildman–Crippen LogP) is 3.43. The molecular weight excluding hydrogens is 310 g/mol. The van der Waals surface area contributed by atoms with E-state index < -0.39 is 0 Å². The van der Waals surface area contributed by atoms with Crippen LogP contribution in [0.2, 0.25) is 0 Å². The van der Waals surface area contributed by atoms with Gasteiger partial charge >= 0.3 is 0 Å². The van der Waals surface area contributed by atoms with Crippen molar-refractivity contribution in [3.8, 4) is 5.75 Å². The van der Waals surface area contributed by atoms with Crippen LogP contribution in [0, 0.1) is 5.92 Å².